The molecule has 0 amide bonds. The molecule has 0 saturated carbocycles. The van der Waals surface area contributed by atoms with Crippen LogP contribution < -0.4 is 10.1 Å². The minimum Gasteiger partial charge on any atom is -0.488 e. The van der Waals surface area contributed by atoms with E-state index >= 15 is 0 Å². The van der Waals surface area contributed by atoms with Crippen LogP contribution in [0.5, 0.6) is 5.75 Å². The van der Waals surface area contributed by atoms with Gasteiger partial charge in [0, 0.05) is 18.5 Å². The lowest BCUT2D eigenvalue weighted by Crippen LogP contribution is -2.47. The molecular weight excluding hydrogens is 468 g/mol. The largest absolute Gasteiger partial charge is 0.488 e. The van der Waals surface area contributed by atoms with Crippen molar-refractivity contribution in [3.63, 3.8) is 0 Å². The lowest BCUT2D eigenvalue weighted by molar-refractivity contribution is -0.154. The molecule has 0 heterocycles. The summed E-state index contributed by atoms with van der Waals surface area (Å²) in [6, 6.07) is 15.8. The first kappa shape index (κ1) is 28.2. The molecule has 7 heteroatoms. The monoisotopic (exact) mass is 506 g/mol. The molecule has 0 unspecified atom stereocenters. The number of benzene rings is 2. The number of esters is 1. The van der Waals surface area contributed by atoms with Crippen LogP contribution in [0.2, 0.25) is 0 Å². The number of carboxylic acids is 1. The summed E-state index contributed by atoms with van der Waals surface area (Å²) in [4.78, 5) is 23.3. The lowest BCUT2D eigenvalue weighted by Gasteiger charge is -2.31. The third-order valence-corrected chi connectivity index (χ3v) is 6.72. The first-order valence-electron chi connectivity index (χ1n) is 13.0. The zero-order valence-electron chi connectivity index (χ0n) is 22.3. The molecule has 0 fully saturated rings. The van der Waals surface area contributed by atoms with Gasteiger partial charge in [0.25, 0.3) is 0 Å². The van der Waals surface area contributed by atoms with E-state index in [1.807, 2.05) is 0 Å². The number of aliphatic carboxylic acids is 1. The topological polar surface area (TPSA) is 109 Å². The van der Waals surface area contributed by atoms with Crippen molar-refractivity contribution in [2.24, 2.45) is 11.8 Å². The highest BCUT2D eigenvalue weighted by molar-refractivity contribution is 5.71. The van der Waals surface area contributed by atoms with Gasteiger partial charge in [0.1, 0.15) is 24.5 Å². The second kappa shape index (κ2) is 12.7. The Morgan fingerprint density at radius 1 is 1.16 bits per heavy atom. The number of carboxylic acid groups (broad SMARTS) is 1. The quantitative estimate of drug-likeness (QED) is 0.379. The fourth-order valence-corrected chi connectivity index (χ4v) is 4.78. The molecule has 0 spiro atoms. The fraction of sp³-hybridized carbons (Fsp3) is 0.500. The molecule has 37 heavy (non-hydrogen) atoms. The van der Waals surface area contributed by atoms with Gasteiger partial charge in [-0.15, -0.1) is 0 Å². The highest BCUT2D eigenvalue weighted by atomic mass is 16.6. The van der Waals surface area contributed by atoms with Crippen LogP contribution in [0, 0.1) is 23.2 Å². The number of nitriles is 1. The molecule has 1 aliphatic rings. The van der Waals surface area contributed by atoms with Gasteiger partial charge >= 0.3 is 11.9 Å². The molecule has 0 saturated heterocycles. The number of carbonyl (C=O) groups excluding carboxylic acids is 1. The molecule has 7 nitrogen and oxygen atoms in total. The average molecular weight is 507 g/mol. The van der Waals surface area contributed by atoms with Crippen molar-refractivity contribution < 1.29 is 24.2 Å². The number of rotatable bonds is 13. The third-order valence-electron chi connectivity index (χ3n) is 6.72. The van der Waals surface area contributed by atoms with E-state index in [1.165, 1.54) is 11.1 Å². The van der Waals surface area contributed by atoms with Gasteiger partial charge in [-0.05, 0) is 74.3 Å². The van der Waals surface area contributed by atoms with Crippen LogP contribution in [0.4, 0.5) is 0 Å². The van der Waals surface area contributed by atoms with Crippen LogP contribution in [0.15, 0.2) is 42.5 Å². The number of aryl methyl sites for hydroxylation is 1. The predicted octanol–water partition coefficient (Wildman–Crippen LogP) is 4.70. The zero-order chi connectivity index (χ0) is 27.0. The van der Waals surface area contributed by atoms with Gasteiger partial charge in [-0.25, -0.2) is 0 Å². The molecule has 1 aliphatic carbocycles. The summed E-state index contributed by atoms with van der Waals surface area (Å²) in [5.74, 6) is -0.558. The van der Waals surface area contributed by atoms with Crippen LogP contribution in [0.25, 0.3) is 0 Å². The van der Waals surface area contributed by atoms with E-state index in [-0.39, 0.29) is 30.5 Å². The number of nitrogens with zero attached hydrogens (tertiary/aromatic N) is 1. The normalized spacial score (nSPS) is 14.2. The molecular formula is C30H38N2O5. The molecule has 3 rings (SSSR count). The second-order valence-electron chi connectivity index (χ2n) is 10.9. The van der Waals surface area contributed by atoms with Crippen LogP contribution >= 0.6 is 0 Å². The number of ether oxygens (including phenoxy) is 2. The second-order valence-corrected chi connectivity index (χ2v) is 10.9. The van der Waals surface area contributed by atoms with Crippen LogP contribution in [0.3, 0.4) is 0 Å². The van der Waals surface area contributed by atoms with Crippen LogP contribution in [-0.4, -0.2) is 41.8 Å². The Balaban J connectivity index is 1.63. The number of fused-ring (bicyclic) bond motifs is 1. The van der Waals surface area contributed by atoms with Gasteiger partial charge in [0.05, 0.1) is 11.5 Å². The summed E-state index contributed by atoms with van der Waals surface area (Å²) in [5.41, 5.74) is 3.80. The van der Waals surface area contributed by atoms with Crippen molar-refractivity contribution in [1.82, 2.24) is 5.32 Å². The maximum atomic E-state index is 12.4. The number of hydrogen-bond donors (Lipinski definition) is 2. The Morgan fingerprint density at radius 3 is 2.43 bits per heavy atom. The molecule has 198 valence electrons. The highest BCUT2D eigenvalue weighted by Gasteiger charge is 2.29. The van der Waals surface area contributed by atoms with Crippen molar-refractivity contribution in [2.45, 2.75) is 71.4 Å². The highest BCUT2D eigenvalue weighted by Crippen LogP contribution is 2.32. The third kappa shape index (κ3) is 8.61. The maximum Gasteiger partial charge on any atom is 0.308 e. The van der Waals surface area contributed by atoms with Crippen molar-refractivity contribution in [1.29, 1.82) is 5.26 Å². The van der Waals surface area contributed by atoms with Crippen molar-refractivity contribution in [3.8, 4) is 11.8 Å². The fourth-order valence-electron chi connectivity index (χ4n) is 4.78. The van der Waals surface area contributed by atoms with Crippen molar-refractivity contribution in [3.05, 3.63) is 64.7 Å². The van der Waals surface area contributed by atoms with Gasteiger partial charge in [-0.2, -0.15) is 5.26 Å². The molecule has 1 atom stereocenters. The Hall–Kier alpha value is -3.37. The van der Waals surface area contributed by atoms with Crippen molar-refractivity contribution >= 4 is 11.9 Å². The van der Waals surface area contributed by atoms with Crippen LogP contribution in [-0.2, 0) is 33.6 Å². The first-order chi connectivity index (χ1) is 17.6. The summed E-state index contributed by atoms with van der Waals surface area (Å²) in [6.07, 6.45) is 2.91. The molecule has 2 aromatic carbocycles. The Morgan fingerprint density at radius 2 is 1.84 bits per heavy atom. The lowest BCUT2D eigenvalue weighted by atomic mass is 9.88. The summed E-state index contributed by atoms with van der Waals surface area (Å²) in [5, 5.41) is 22.0. The SMILES string of the molecule is CC(C)C(=O)O[C@@H](CNC(C)(C)CC1Cc2ccccc2C1)COc1cc(CCC(=O)O)ccc1C#N. The Labute approximate surface area is 219 Å². The van der Waals surface area contributed by atoms with Gasteiger partial charge < -0.3 is 19.9 Å². The molecule has 0 radical (unpaired) electrons. The number of hydrogen-bond acceptors (Lipinski definition) is 6. The van der Waals surface area contributed by atoms with E-state index in [9.17, 15) is 14.9 Å². The zero-order valence-corrected chi connectivity index (χ0v) is 22.3. The summed E-state index contributed by atoms with van der Waals surface area (Å²) >= 11 is 0. The molecule has 0 bridgehead atoms. The van der Waals surface area contributed by atoms with Gasteiger partial charge in [-0.1, -0.05) is 44.2 Å². The maximum absolute atomic E-state index is 12.4. The molecule has 2 N–H and O–H groups in total. The number of carbonyl (C=O) groups is 2. The van der Waals surface area contributed by atoms with Gasteiger partial charge in [0.15, 0.2) is 0 Å². The first-order valence-corrected chi connectivity index (χ1v) is 13.0. The van der Waals surface area contributed by atoms with E-state index in [2.05, 4.69) is 49.5 Å². The van der Waals surface area contributed by atoms with E-state index in [1.54, 1.807) is 32.0 Å². The minimum atomic E-state index is -0.886. The average Bonchev–Trinajstić information content (AvgIpc) is 3.25. The number of nitrogens with one attached hydrogen (secondary N) is 1. The van der Waals surface area contributed by atoms with E-state index in [0.717, 1.165) is 24.8 Å². The van der Waals surface area contributed by atoms with Crippen molar-refractivity contribution in [2.75, 3.05) is 13.2 Å². The molecule has 2 aromatic rings. The van der Waals surface area contributed by atoms with E-state index in [4.69, 9.17) is 14.6 Å². The van der Waals surface area contributed by atoms with Crippen LogP contribution in [0.1, 0.15) is 62.8 Å². The summed E-state index contributed by atoms with van der Waals surface area (Å²) < 4.78 is 11.7. The summed E-state index contributed by atoms with van der Waals surface area (Å²) in [7, 11) is 0. The minimum absolute atomic E-state index is 0.00888. The molecule has 0 aliphatic heterocycles. The van der Waals surface area contributed by atoms with E-state index < -0.39 is 12.1 Å². The smallest absolute Gasteiger partial charge is 0.308 e. The van der Waals surface area contributed by atoms with Gasteiger partial charge in [0.2, 0.25) is 0 Å². The van der Waals surface area contributed by atoms with Gasteiger partial charge in [-0.3, -0.25) is 9.59 Å². The summed E-state index contributed by atoms with van der Waals surface area (Å²) in [6.45, 7) is 8.39. The molecule has 0 aromatic heterocycles. The Kier molecular flexibility index (Phi) is 9.71. The standard InChI is InChI=1S/C30H38N2O5/c1-20(2)29(35)37-26(19-36-27-15-21(10-12-28(33)34)9-11-25(27)17-31)18-32-30(3,4)16-22-13-23-7-5-6-8-24(23)14-22/h5-9,11,15,20,22,26,32H,10,12-14,16,18-19H2,1-4H3,(H,33,34)/t26-/m0/s1. The van der Waals surface area contributed by atoms with E-state index in [0.29, 0.717) is 30.2 Å². The predicted molar refractivity (Wildman–Crippen MR) is 141 cm³/mol. The Bertz CT molecular complexity index is 1110.